The van der Waals surface area contributed by atoms with Gasteiger partial charge in [-0.25, -0.2) is 0 Å². The minimum absolute atomic E-state index is 0.470. The second-order valence-corrected chi connectivity index (χ2v) is 5.41. The molecule has 112 valence electrons. The molecule has 0 aliphatic carbocycles. The average molecular weight is 285 g/mol. The second kappa shape index (κ2) is 7.14. The number of benzene rings is 2. The maximum Gasteiger partial charge on any atom is 0.130 e. The van der Waals surface area contributed by atoms with Gasteiger partial charge in [-0.2, -0.15) is 0 Å². The molecule has 0 saturated heterocycles. The van der Waals surface area contributed by atoms with Crippen molar-refractivity contribution in [2.24, 2.45) is 0 Å². The van der Waals surface area contributed by atoms with Gasteiger partial charge in [0.1, 0.15) is 17.2 Å². The highest BCUT2D eigenvalue weighted by molar-refractivity contribution is 5.41. The number of rotatable bonds is 6. The minimum Gasteiger partial charge on any atom is -0.497 e. The first-order chi connectivity index (χ1) is 10.1. The van der Waals surface area contributed by atoms with E-state index in [0.29, 0.717) is 6.04 Å². The summed E-state index contributed by atoms with van der Waals surface area (Å²) < 4.78 is 11.1. The Morgan fingerprint density at radius 1 is 1.00 bits per heavy atom. The van der Waals surface area contributed by atoms with Crippen molar-refractivity contribution < 1.29 is 9.47 Å². The van der Waals surface area contributed by atoms with E-state index in [-0.39, 0.29) is 0 Å². The van der Waals surface area contributed by atoms with Crippen molar-refractivity contribution in [3.63, 3.8) is 0 Å². The third-order valence-corrected chi connectivity index (χ3v) is 3.25. The molecule has 0 amide bonds. The molecule has 0 fully saturated rings. The molecule has 0 aliphatic heterocycles. The predicted molar refractivity (Wildman–Crippen MR) is 86.2 cm³/mol. The van der Waals surface area contributed by atoms with Gasteiger partial charge in [-0.1, -0.05) is 26.0 Å². The first-order valence-electron chi connectivity index (χ1n) is 7.23. The van der Waals surface area contributed by atoms with Gasteiger partial charge in [-0.05, 0) is 48.4 Å². The van der Waals surface area contributed by atoms with Gasteiger partial charge in [0.05, 0.1) is 7.11 Å². The van der Waals surface area contributed by atoms with Crippen LogP contribution < -0.4 is 14.8 Å². The molecule has 3 heteroatoms. The van der Waals surface area contributed by atoms with Crippen LogP contribution in [0.1, 0.15) is 25.0 Å². The van der Waals surface area contributed by atoms with Gasteiger partial charge >= 0.3 is 0 Å². The van der Waals surface area contributed by atoms with Crippen molar-refractivity contribution in [3.05, 3.63) is 53.6 Å². The summed E-state index contributed by atoms with van der Waals surface area (Å²) in [6.07, 6.45) is 0. The van der Waals surface area contributed by atoms with E-state index in [4.69, 9.17) is 9.47 Å². The summed E-state index contributed by atoms with van der Waals surface area (Å²) >= 11 is 0. The van der Waals surface area contributed by atoms with Crippen LogP contribution in [-0.4, -0.2) is 13.2 Å². The van der Waals surface area contributed by atoms with Gasteiger partial charge in [0, 0.05) is 12.6 Å². The zero-order valence-corrected chi connectivity index (χ0v) is 13.1. The molecule has 0 radical (unpaired) electrons. The summed E-state index contributed by atoms with van der Waals surface area (Å²) in [6, 6.07) is 14.4. The molecule has 0 bridgehead atoms. The summed E-state index contributed by atoms with van der Waals surface area (Å²) in [7, 11) is 1.66. The Labute approximate surface area is 126 Å². The molecule has 0 aliphatic rings. The molecular formula is C18H23NO2. The molecule has 3 nitrogen and oxygen atoms in total. The van der Waals surface area contributed by atoms with Crippen LogP contribution in [0.3, 0.4) is 0 Å². The monoisotopic (exact) mass is 285 g/mol. The van der Waals surface area contributed by atoms with Gasteiger partial charge in [-0.3, -0.25) is 0 Å². The fourth-order valence-electron chi connectivity index (χ4n) is 1.96. The largest absolute Gasteiger partial charge is 0.497 e. The van der Waals surface area contributed by atoms with Crippen molar-refractivity contribution in [1.29, 1.82) is 0 Å². The topological polar surface area (TPSA) is 30.5 Å². The first kappa shape index (κ1) is 15.4. The van der Waals surface area contributed by atoms with Crippen LogP contribution in [-0.2, 0) is 6.54 Å². The highest BCUT2D eigenvalue weighted by Gasteiger charge is 2.04. The van der Waals surface area contributed by atoms with Crippen molar-refractivity contribution in [2.75, 3.05) is 7.11 Å². The van der Waals surface area contributed by atoms with Crippen LogP contribution in [0.2, 0.25) is 0 Å². The van der Waals surface area contributed by atoms with Crippen LogP contribution in [0.5, 0.6) is 17.2 Å². The van der Waals surface area contributed by atoms with Crippen LogP contribution in [0, 0.1) is 6.92 Å². The summed E-state index contributed by atoms with van der Waals surface area (Å²) in [4.78, 5) is 0. The van der Waals surface area contributed by atoms with Crippen LogP contribution in [0.25, 0.3) is 0 Å². The lowest BCUT2D eigenvalue weighted by Crippen LogP contribution is -2.21. The lowest BCUT2D eigenvalue weighted by molar-refractivity contribution is 0.412. The molecule has 1 N–H and O–H groups in total. The number of methoxy groups -OCH3 is 1. The Hall–Kier alpha value is -2.00. The number of ether oxygens (including phenoxy) is 2. The number of nitrogens with one attached hydrogen (secondary N) is 1. The molecule has 0 heterocycles. The quantitative estimate of drug-likeness (QED) is 0.858. The van der Waals surface area contributed by atoms with E-state index in [1.54, 1.807) is 7.11 Å². The Morgan fingerprint density at radius 3 is 2.29 bits per heavy atom. The summed E-state index contributed by atoms with van der Waals surface area (Å²) in [5, 5.41) is 3.42. The third kappa shape index (κ3) is 4.50. The van der Waals surface area contributed by atoms with Crippen molar-refractivity contribution >= 4 is 0 Å². The SMILES string of the molecule is COc1ccc(Oc2cc(CNC(C)C)ccc2C)cc1. The summed E-state index contributed by atoms with van der Waals surface area (Å²) in [6.45, 7) is 7.18. The van der Waals surface area contributed by atoms with Crippen LogP contribution in [0.4, 0.5) is 0 Å². The van der Waals surface area contributed by atoms with Crippen molar-refractivity contribution in [1.82, 2.24) is 5.32 Å². The van der Waals surface area contributed by atoms with E-state index < -0.39 is 0 Å². The van der Waals surface area contributed by atoms with E-state index in [9.17, 15) is 0 Å². The minimum atomic E-state index is 0.470. The Bertz CT molecular complexity index is 576. The molecule has 0 aromatic heterocycles. The van der Waals surface area contributed by atoms with E-state index in [0.717, 1.165) is 29.4 Å². The van der Waals surface area contributed by atoms with Gasteiger partial charge in [0.15, 0.2) is 0 Å². The highest BCUT2D eigenvalue weighted by atomic mass is 16.5. The lowest BCUT2D eigenvalue weighted by Gasteiger charge is -2.13. The smallest absolute Gasteiger partial charge is 0.130 e. The van der Waals surface area contributed by atoms with Gasteiger partial charge in [0.25, 0.3) is 0 Å². The molecule has 2 aromatic carbocycles. The van der Waals surface area contributed by atoms with Crippen LogP contribution in [0.15, 0.2) is 42.5 Å². The van der Waals surface area contributed by atoms with Gasteiger partial charge in [0.2, 0.25) is 0 Å². The molecule has 2 rings (SSSR count). The predicted octanol–water partition coefficient (Wildman–Crippen LogP) is 4.29. The molecule has 0 saturated carbocycles. The van der Waals surface area contributed by atoms with Crippen molar-refractivity contribution in [3.8, 4) is 17.2 Å². The second-order valence-electron chi connectivity index (χ2n) is 5.41. The first-order valence-corrected chi connectivity index (χ1v) is 7.23. The number of aryl methyl sites for hydroxylation is 1. The van der Waals surface area contributed by atoms with Gasteiger partial charge < -0.3 is 14.8 Å². The Morgan fingerprint density at radius 2 is 1.67 bits per heavy atom. The molecule has 21 heavy (non-hydrogen) atoms. The summed E-state index contributed by atoms with van der Waals surface area (Å²) in [5.41, 5.74) is 2.34. The zero-order valence-electron chi connectivity index (χ0n) is 13.1. The highest BCUT2D eigenvalue weighted by Crippen LogP contribution is 2.27. The fraction of sp³-hybridized carbons (Fsp3) is 0.333. The van der Waals surface area contributed by atoms with E-state index >= 15 is 0 Å². The molecule has 0 spiro atoms. The fourth-order valence-corrected chi connectivity index (χ4v) is 1.96. The van der Waals surface area contributed by atoms with Crippen LogP contribution >= 0.6 is 0 Å². The standard InChI is InChI=1S/C18H23NO2/c1-13(2)19-12-15-6-5-14(3)18(11-15)21-17-9-7-16(20-4)8-10-17/h5-11,13,19H,12H2,1-4H3. The maximum atomic E-state index is 5.97. The Balaban J connectivity index is 2.12. The average Bonchev–Trinajstić information content (AvgIpc) is 2.48. The third-order valence-electron chi connectivity index (χ3n) is 3.25. The van der Waals surface area contributed by atoms with Crippen molar-refractivity contribution in [2.45, 2.75) is 33.4 Å². The van der Waals surface area contributed by atoms with E-state index in [1.807, 2.05) is 24.3 Å². The molecule has 2 aromatic rings. The van der Waals surface area contributed by atoms with E-state index in [2.05, 4.69) is 44.3 Å². The number of hydrogen-bond donors (Lipinski definition) is 1. The molecule has 0 atom stereocenters. The Kier molecular flexibility index (Phi) is 5.23. The van der Waals surface area contributed by atoms with E-state index in [1.165, 1.54) is 5.56 Å². The molecular weight excluding hydrogens is 262 g/mol. The van der Waals surface area contributed by atoms with Gasteiger partial charge in [-0.15, -0.1) is 0 Å². The maximum absolute atomic E-state index is 5.97. The summed E-state index contributed by atoms with van der Waals surface area (Å²) in [5.74, 6) is 2.53. The number of hydrogen-bond acceptors (Lipinski definition) is 3. The normalized spacial score (nSPS) is 10.7. The zero-order chi connectivity index (χ0) is 15.2. The lowest BCUT2D eigenvalue weighted by atomic mass is 10.1. The molecule has 0 unspecified atom stereocenters.